The molecular formula is C16H19Cl2NO2. The second kappa shape index (κ2) is 7.74. The molecule has 3 nitrogen and oxygen atoms in total. The van der Waals surface area contributed by atoms with E-state index in [1.165, 1.54) is 6.92 Å². The molecule has 0 heterocycles. The predicted molar refractivity (Wildman–Crippen MR) is 87.8 cm³/mol. The molecule has 0 aliphatic carbocycles. The van der Waals surface area contributed by atoms with E-state index >= 15 is 0 Å². The Bertz CT molecular complexity index is 580. The summed E-state index contributed by atoms with van der Waals surface area (Å²) in [4.78, 5) is 26.1. The van der Waals surface area contributed by atoms with E-state index in [4.69, 9.17) is 23.2 Å². The summed E-state index contributed by atoms with van der Waals surface area (Å²) >= 11 is 11.8. The summed E-state index contributed by atoms with van der Waals surface area (Å²) in [6, 6.07) is 5.00. The van der Waals surface area contributed by atoms with Gasteiger partial charge in [0.05, 0.1) is 15.6 Å². The van der Waals surface area contributed by atoms with E-state index in [1.54, 1.807) is 24.3 Å². The smallest absolute Gasteiger partial charge is 0.170 e. The Hall–Kier alpha value is -1.16. The van der Waals surface area contributed by atoms with Crippen molar-refractivity contribution in [3.05, 3.63) is 39.4 Å². The topological polar surface area (TPSA) is 37.4 Å². The Kier molecular flexibility index (Phi) is 6.59. The van der Waals surface area contributed by atoms with E-state index in [0.717, 1.165) is 0 Å². The van der Waals surface area contributed by atoms with Gasteiger partial charge in [0.2, 0.25) is 0 Å². The highest BCUT2D eigenvalue weighted by molar-refractivity contribution is 6.42. The molecule has 0 N–H and O–H groups in total. The highest BCUT2D eigenvalue weighted by atomic mass is 35.5. The number of hydrogen-bond donors (Lipinski definition) is 0. The zero-order valence-electron chi connectivity index (χ0n) is 12.6. The predicted octanol–water partition coefficient (Wildman–Crippen LogP) is 3.73. The molecule has 5 heteroatoms. The van der Waals surface area contributed by atoms with Crippen LogP contribution >= 0.6 is 23.2 Å². The molecule has 0 amide bonds. The number of Topliss-reactive ketones (excluding diaryl/α,β-unsaturated/α-hetero) is 2. The van der Waals surface area contributed by atoms with Crippen molar-refractivity contribution >= 4 is 40.8 Å². The Balaban J connectivity index is 3.11. The van der Waals surface area contributed by atoms with Gasteiger partial charge in [-0.1, -0.05) is 36.2 Å². The molecule has 0 aliphatic heterocycles. The fraction of sp³-hybridized carbons (Fsp3) is 0.375. The zero-order chi connectivity index (χ0) is 16.2. The standard InChI is InChI=1S/C16H19Cl2NO2/c1-10(9-19(3)4)16(21)13(11(2)20)7-12-5-6-14(17)15(18)8-12/h5-8,10H,9H2,1-4H3/b13-7-/t10-/m0/s1. The summed E-state index contributed by atoms with van der Waals surface area (Å²) in [5.41, 5.74) is 0.864. The Labute approximate surface area is 135 Å². The van der Waals surface area contributed by atoms with Crippen LogP contribution in [0.2, 0.25) is 10.0 Å². The molecule has 1 atom stereocenters. The average Bonchev–Trinajstić information content (AvgIpc) is 2.38. The van der Waals surface area contributed by atoms with Crippen LogP contribution in [0.15, 0.2) is 23.8 Å². The first kappa shape index (κ1) is 17.9. The minimum Gasteiger partial charge on any atom is -0.309 e. The molecule has 0 saturated heterocycles. The van der Waals surface area contributed by atoms with Crippen molar-refractivity contribution in [3.63, 3.8) is 0 Å². The quantitative estimate of drug-likeness (QED) is 0.454. The number of ketones is 2. The number of carbonyl (C=O) groups is 2. The summed E-state index contributed by atoms with van der Waals surface area (Å²) in [6.07, 6.45) is 1.57. The monoisotopic (exact) mass is 327 g/mol. The van der Waals surface area contributed by atoms with Gasteiger partial charge in [-0.2, -0.15) is 0 Å². The maximum absolute atomic E-state index is 12.4. The maximum Gasteiger partial charge on any atom is 0.170 e. The summed E-state index contributed by atoms with van der Waals surface area (Å²) in [5.74, 6) is -0.670. The van der Waals surface area contributed by atoms with Crippen LogP contribution in [0.4, 0.5) is 0 Å². The molecule has 21 heavy (non-hydrogen) atoms. The summed E-state index contributed by atoms with van der Waals surface area (Å²) in [6.45, 7) is 3.79. The fourth-order valence-electron chi connectivity index (χ4n) is 2.01. The fourth-order valence-corrected chi connectivity index (χ4v) is 2.32. The van der Waals surface area contributed by atoms with Crippen LogP contribution in [0.5, 0.6) is 0 Å². The lowest BCUT2D eigenvalue weighted by Gasteiger charge is -2.16. The third-order valence-electron chi connectivity index (χ3n) is 2.99. The number of nitrogens with zero attached hydrogens (tertiary/aromatic N) is 1. The average molecular weight is 328 g/mol. The molecule has 0 saturated carbocycles. The maximum atomic E-state index is 12.4. The number of halogens is 2. The molecule has 0 radical (unpaired) electrons. The molecule has 114 valence electrons. The van der Waals surface area contributed by atoms with Gasteiger partial charge in [0.15, 0.2) is 11.6 Å². The summed E-state index contributed by atoms with van der Waals surface area (Å²) in [5, 5.41) is 0.826. The molecular weight excluding hydrogens is 309 g/mol. The third-order valence-corrected chi connectivity index (χ3v) is 3.73. The first-order valence-corrected chi connectivity index (χ1v) is 7.34. The van der Waals surface area contributed by atoms with E-state index in [0.29, 0.717) is 22.2 Å². The van der Waals surface area contributed by atoms with Gasteiger partial charge < -0.3 is 4.90 Å². The molecule has 1 aromatic carbocycles. The van der Waals surface area contributed by atoms with Crippen molar-refractivity contribution in [3.8, 4) is 0 Å². The van der Waals surface area contributed by atoms with Crippen LogP contribution in [0, 0.1) is 5.92 Å². The molecule has 0 aliphatic rings. The van der Waals surface area contributed by atoms with Crippen molar-refractivity contribution in [1.82, 2.24) is 4.90 Å². The van der Waals surface area contributed by atoms with Crippen LogP contribution in [0.1, 0.15) is 19.4 Å². The van der Waals surface area contributed by atoms with Crippen molar-refractivity contribution < 1.29 is 9.59 Å². The lowest BCUT2D eigenvalue weighted by atomic mass is 9.94. The normalized spacial score (nSPS) is 13.4. The number of hydrogen-bond acceptors (Lipinski definition) is 3. The lowest BCUT2D eigenvalue weighted by Crippen LogP contribution is -2.28. The molecule has 0 spiro atoms. The van der Waals surface area contributed by atoms with Crippen LogP contribution < -0.4 is 0 Å². The van der Waals surface area contributed by atoms with Crippen molar-refractivity contribution in [2.45, 2.75) is 13.8 Å². The lowest BCUT2D eigenvalue weighted by molar-refractivity contribution is -0.122. The van der Waals surface area contributed by atoms with Gasteiger partial charge in [0.25, 0.3) is 0 Å². The Morgan fingerprint density at radius 1 is 1.24 bits per heavy atom. The van der Waals surface area contributed by atoms with E-state index in [1.807, 2.05) is 25.9 Å². The number of rotatable bonds is 6. The van der Waals surface area contributed by atoms with Crippen molar-refractivity contribution in [2.24, 2.45) is 5.92 Å². The van der Waals surface area contributed by atoms with E-state index in [2.05, 4.69) is 0 Å². The van der Waals surface area contributed by atoms with Crippen LogP contribution in [-0.4, -0.2) is 37.1 Å². The van der Waals surface area contributed by atoms with E-state index < -0.39 is 0 Å². The van der Waals surface area contributed by atoms with Gasteiger partial charge in [-0.3, -0.25) is 9.59 Å². The zero-order valence-corrected chi connectivity index (χ0v) is 14.1. The van der Waals surface area contributed by atoms with Crippen LogP contribution in [0.25, 0.3) is 6.08 Å². The van der Waals surface area contributed by atoms with Gasteiger partial charge in [-0.25, -0.2) is 0 Å². The SMILES string of the molecule is CC(=O)/C(=C/c1ccc(Cl)c(Cl)c1)C(=O)[C@@H](C)CN(C)C. The van der Waals surface area contributed by atoms with E-state index in [-0.39, 0.29) is 23.1 Å². The molecule has 0 fully saturated rings. The largest absolute Gasteiger partial charge is 0.309 e. The third kappa shape index (κ3) is 5.27. The first-order chi connectivity index (χ1) is 9.72. The van der Waals surface area contributed by atoms with E-state index in [9.17, 15) is 9.59 Å². The Morgan fingerprint density at radius 2 is 1.86 bits per heavy atom. The van der Waals surface area contributed by atoms with Gasteiger partial charge >= 0.3 is 0 Å². The minimum absolute atomic E-state index is 0.165. The number of allylic oxidation sites excluding steroid dienone is 1. The van der Waals surface area contributed by atoms with Gasteiger partial charge in [-0.05, 0) is 44.8 Å². The number of carbonyl (C=O) groups excluding carboxylic acids is 2. The van der Waals surface area contributed by atoms with Gasteiger partial charge in [-0.15, -0.1) is 0 Å². The minimum atomic E-state index is -0.253. The van der Waals surface area contributed by atoms with Crippen LogP contribution in [0.3, 0.4) is 0 Å². The van der Waals surface area contributed by atoms with Crippen molar-refractivity contribution in [2.75, 3.05) is 20.6 Å². The second-order valence-corrected chi connectivity index (χ2v) is 6.13. The second-order valence-electron chi connectivity index (χ2n) is 5.32. The van der Waals surface area contributed by atoms with Crippen LogP contribution in [-0.2, 0) is 9.59 Å². The molecule has 0 aromatic heterocycles. The highest BCUT2D eigenvalue weighted by Crippen LogP contribution is 2.24. The Morgan fingerprint density at radius 3 is 2.33 bits per heavy atom. The van der Waals surface area contributed by atoms with Crippen molar-refractivity contribution in [1.29, 1.82) is 0 Å². The highest BCUT2D eigenvalue weighted by Gasteiger charge is 2.21. The summed E-state index contributed by atoms with van der Waals surface area (Å²) < 4.78 is 0. The molecule has 0 bridgehead atoms. The molecule has 0 unspecified atom stereocenters. The summed E-state index contributed by atoms with van der Waals surface area (Å²) in [7, 11) is 3.78. The van der Waals surface area contributed by atoms with Gasteiger partial charge in [0, 0.05) is 12.5 Å². The molecule has 1 rings (SSSR count). The number of benzene rings is 1. The molecule has 1 aromatic rings. The first-order valence-electron chi connectivity index (χ1n) is 6.59. The van der Waals surface area contributed by atoms with Gasteiger partial charge in [0.1, 0.15) is 0 Å².